The zero-order chi connectivity index (χ0) is 24.2. The van der Waals surface area contributed by atoms with Gasteiger partial charge >= 0.3 is 12.3 Å². The number of carbonyl (C=O) groups excluding carboxylic acids is 1. The number of likely N-dealkylation sites (tertiary alicyclic amines) is 1. The van der Waals surface area contributed by atoms with Gasteiger partial charge in [0.2, 0.25) is 5.88 Å². The normalized spacial score (nSPS) is 23.7. The first-order valence-electron chi connectivity index (χ1n) is 10.8. The van der Waals surface area contributed by atoms with E-state index in [0.717, 1.165) is 38.9 Å². The fraction of sp³-hybridized carbons (Fsp3) is 0.750. The first kappa shape index (κ1) is 25.5. The van der Waals surface area contributed by atoms with Crippen LogP contribution in [0.2, 0.25) is 0 Å². The average molecular weight is 496 g/mol. The molecule has 13 heteroatoms. The number of rotatable bonds is 6. The van der Waals surface area contributed by atoms with E-state index >= 15 is 0 Å². The van der Waals surface area contributed by atoms with E-state index in [1.807, 2.05) is 0 Å². The summed E-state index contributed by atoms with van der Waals surface area (Å²) in [5, 5.41) is -0.110. The van der Waals surface area contributed by atoms with Crippen molar-refractivity contribution in [2.45, 2.75) is 81.1 Å². The van der Waals surface area contributed by atoms with Crippen molar-refractivity contribution in [3.63, 3.8) is 0 Å². The fourth-order valence-corrected chi connectivity index (χ4v) is 4.24. The Morgan fingerprint density at radius 2 is 1.61 bits per heavy atom. The molecule has 1 saturated carbocycles. The lowest BCUT2D eigenvalue weighted by Crippen LogP contribution is -2.44. The summed E-state index contributed by atoms with van der Waals surface area (Å²) in [6.07, 6.45) is -0.158. The van der Waals surface area contributed by atoms with Crippen LogP contribution in [-0.2, 0) is 19.3 Å². The van der Waals surface area contributed by atoms with E-state index in [2.05, 4.69) is 14.7 Å². The van der Waals surface area contributed by atoms with Crippen LogP contribution in [0.5, 0.6) is 5.88 Å². The lowest BCUT2D eigenvalue weighted by Gasteiger charge is -2.36. The Kier molecular flexibility index (Phi) is 8.04. The van der Waals surface area contributed by atoms with Crippen LogP contribution in [0.1, 0.15) is 45.4 Å². The van der Waals surface area contributed by atoms with Gasteiger partial charge in [0.1, 0.15) is 6.10 Å². The largest absolute Gasteiger partial charge is 0.473 e. The minimum absolute atomic E-state index is 0.0392. The highest BCUT2D eigenvalue weighted by Crippen LogP contribution is 2.28. The predicted octanol–water partition coefficient (Wildman–Crippen LogP) is 3.14. The number of ether oxygens (including phenoxy) is 3. The molecule has 9 nitrogen and oxygen atoms in total. The third-order valence-electron chi connectivity index (χ3n) is 5.72. The Morgan fingerprint density at radius 1 is 1.03 bits per heavy atom. The highest BCUT2D eigenvalue weighted by atomic mass is 32.2. The van der Waals surface area contributed by atoms with E-state index < -0.39 is 28.2 Å². The topological polar surface area (TPSA) is 108 Å². The first-order valence-corrected chi connectivity index (χ1v) is 12.7. The summed E-state index contributed by atoms with van der Waals surface area (Å²) in [7, 11) is -3.41. The number of amides is 1. The zero-order valence-corrected chi connectivity index (χ0v) is 19.3. The number of nitrogens with zero attached hydrogens (tertiary/aromatic N) is 3. The Bertz CT molecular complexity index is 897. The highest BCUT2D eigenvalue weighted by Gasteiger charge is 2.40. The molecular weight excluding hydrogens is 467 g/mol. The molecular formula is C20H28F3N3O6S. The van der Waals surface area contributed by atoms with Crippen LogP contribution in [0.3, 0.4) is 0 Å². The van der Waals surface area contributed by atoms with Crippen molar-refractivity contribution < 1.29 is 40.6 Å². The summed E-state index contributed by atoms with van der Waals surface area (Å²) >= 11 is 0. The van der Waals surface area contributed by atoms with Gasteiger partial charge in [-0.05, 0) is 45.4 Å². The van der Waals surface area contributed by atoms with Gasteiger partial charge in [-0.25, -0.2) is 23.2 Å². The molecule has 3 rings (SSSR count). The second-order valence-corrected chi connectivity index (χ2v) is 10.3. The summed E-state index contributed by atoms with van der Waals surface area (Å²) in [6, 6.07) is 0. The van der Waals surface area contributed by atoms with Gasteiger partial charge in [-0.2, -0.15) is 13.2 Å². The third kappa shape index (κ3) is 7.42. The minimum atomic E-state index is -4.58. The molecule has 2 heterocycles. The molecule has 1 amide bonds. The maximum Gasteiger partial charge on any atom is 0.425 e. The molecule has 1 aliphatic heterocycles. The van der Waals surface area contributed by atoms with Crippen molar-refractivity contribution in [1.82, 2.24) is 14.9 Å². The maximum absolute atomic E-state index is 12.6. The van der Waals surface area contributed by atoms with E-state index in [1.54, 1.807) is 0 Å². The molecule has 0 unspecified atom stereocenters. The molecule has 2 fully saturated rings. The number of carbonyl (C=O) groups is 1. The number of piperidine rings is 1. The predicted molar refractivity (Wildman–Crippen MR) is 109 cm³/mol. The van der Waals surface area contributed by atoms with Gasteiger partial charge in [0.05, 0.1) is 24.6 Å². The second-order valence-electron chi connectivity index (χ2n) is 8.37. The van der Waals surface area contributed by atoms with E-state index in [-0.39, 0.29) is 42.3 Å². The Balaban J connectivity index is 1.37. The summed E-state index contributed by atoms with van der Waals surface area (Å²) < 4.78 is 77.0. The Labute approximate surface area is 190 Å². The Morgan fingerprint density at radius 3 is 2.12 bits per heavy atom. The fourth-order valence-electron chi connectivity index (χ4n) is 3.75. The monoisotopic (exact) mass is 495 g/mol. The minimum Gasteiger partial charge on any atom is -0.473 e. The molecule has 0 radical (unpaired) electrons. The summed E-state index contributed by atoms with van der Waals surface area (Å²) in [5.74, 6) is 0.269. The van der Waals surface area contributed by atoms with Crippen molar-refractivity contribution in [3.05, 3.63) is 12.4 Å². The van der Waals surface area contributed by atoms with Crippen molar-refractivity contribution in [1.29, 1.82) is 0 Å². The summed E-state index contributed by atoms with van der Waals surface area (Å²) in [4.78, 5) is 21.1. The molecule has 0 spiro atoms. The van der Waals surface area contributed by atoms with E-state index in [4.69, 9.17) is 9.47 Å². The highest BCUT2D eigenvalue weighted by molar-refractivity contribution is 7.90. The molecule has 1 atom stereocenters. The SMILES string of the molecule is C[C@H](OC(=O)N1CCC(OC2CCC(Oc3cnc(S(C)(=O)=O)cn3)CC2)CC1)C(F)(F)F. The molecule has 0 aromatic carbocycles. The quantitative estimate of drug-likeness (QED) is 0.592. The number of aromatic nitrogens is 2. The van der Waals surface area contributed by atoms with Crippen molar-refractivity contribution >= 4 is 15.9 Å². The summed E-state index contributed by atoms with van der Waals surface area (Å²) in [6.45, 7) is 1.38. The lowest BCUT2D eigenvalue weighted by atomic mass is 9.94. The lowest BCUT2D eigenvalue weighted by molar-refractivity contribution is -0.200. The zero-order valence-electron chi connectivity index (χ0n) is 18.5. The molecule has 1 aromatic rings. The van der Waals surface area contributed by atoms with Crippen molar-refractivity contribution in [2.24, 2.45) is 0 Å². The standard InChI is InChI=1S/C20H28F3N3O6S/c1-13(20(21,22)23)30-19(27)26-9-7-16(8-10-26)31-14-3-5-15(6-4-14)32-17-11-25-18(12-24-17)33(2,28)29/h11-16H,3-10H2,1-2H3/t13-,14?,15?/m0/s1. The van der Waals surface area contributed by atoms with Gasteiger partial charge in [0.15, 0.2) is 21.0 Å². The van der Waals surface area contributed by atoms with Crippen LogP contribution >= 0.6 is 0 Å². The number of alkyl halides is 3. The Hall–Kier alpha value is -2.15. The van der Waals surface area contributed by atoms with Gasteiger partial charge < -0.3 is 19.1 Å². The van der Waals surface area contributed by atoms with Crippen LogP contribution in [0, 0.1) is 0 Å². The summed E-state index contributed by atoms with van der Waals surface area (Å²) in [5.41, 5.74) is 0. The smallest absolute Gasteiger partial charge is 0.425 e. The molecule has 0 bridgehead atoms. The molecule has 186 valence electrons. The van der Waals surface area contributed by atoms with Crippen LogP contribution < -0.4 is 4.74 Å². The van der Waals surface area contributed by atoms with Crippen LogP contribution in [0.4, 0.5) is 18.0 Å². The number of sulfone groups is 1. The third-order valence-corrected chi connectivity index (χ3v) is 6.69. The van der Waals surface area contributed by atoms with Gasteiger partial charge in [0, 0.05) is 19.3 Å². The number of hydrogen-bond donors (Lipinski definition) is 0. The van der Waals surface area contributed by atoms with Crippen molar-refractivity contribution in [3.8, 4) is 5.88 Å². The number of halogens is 3. The molecule has 1 aromatic heterocycles. The molecule has 2 aliphatic rings. The van der Waals surface area contributed by atoms with Crippen LogP contribution in [0.25, 0.3) is 0 Å². The van der Waals surface area contributed by atoms with Crippen LogP contribution in [0.15, 0.2) is 17.4 Å². The van der Waals surface area contributed by atoms with Gasteiger partial charge in [0.25, 0.3) is 0 Å². The van der Waals surface area contributed by atoms with Gasteiger partial charge in [-0.15, -0.1) is 0 Å². The average Bonchev–Trinajstić information content (AvgIpc) is 2.74. The van der Waals surface area contributed by atoms with E-state index in [0.29, 0.717) is 12.8 Å². The molecule has 1 aliphatic carbocycles. The van der Waals surface area contributed by atoms with E-state index in [1.165, 1.54) is 17.3 Å². The van der Waals surface area contributed by atoms with Gasteiger partial charge in [-0.3, -0.25) is 0 Å². The van der Waals surface area contributed by atoms with Crippen molar-refractivity contribution in [2.75, 3.05) is 19.3 Å². The molecule has 1 saturated heterocycles. The molecule has 33 heavy (non-hydrogen) atoms. The molecule has 0 N–H and O–H groups in total. The van der Waals surface area contributed by atoms with E-state index in [9.17, 15) is 26.4 Å². The maximum atomic E-state index is 12.6. The first-order chi connectivity index (χ1) is 15.4. The van der Waals surface area contributed by atoms with Crippen LogP contribution in [-0.4, -0.2) is 79.3 Å². The second kappa shape index (κ2) is 10.4. The number of hydrogen-bond acceptors (Lipinski definition) is 8. The van der Waals surface area contributed by atoms with Gasteiger partial charge in [-0.1, -0.05) is 0 Å².